The van der Waals surface area contributed by atoms with E-state index in [4.69, 9.17) is 4.74 Å². The third kappa shape index (κ3) is 8.36. The quantitative estimate of drug-likeness (QED) is 0.315. The van der Waals surface area contributed by atoms with E-state index in [1.165, 1.54) is 11.8 Å². The lowest BCUT2D eigenvalue weighted by Gasteiger charge is -2.12. The first-order valence-electron chi connectivity index (χ1n) is 10.5. The van der Waals surface area contributed by atoms with Gasteiger partial charge in [-0.3, -0.25) is 4.79 Å². The molecule has 0 unspecified atom stereocenters. The highest BCUT2D eigenvalue weighted by Gasteiger charge is 2.16. The number of nitrogens with one attached hydrogen (secondary N) is 1. The maximum atomic E-state index is 12.4. The lowest BCUT2D eigenvalue weighted by Crippen LogP contribution is -2.15. The van der Waals surface area contributed by atoms with E-state index >= 15 is 0 Å². The summed E-state index contributed by atoms with van der Waals surface area (Å²) in [5.41, 5.74) is 0.553. The van der Waals surface area contributed by atoms with Gasteiger partial charge in [0, 0.05) is 17.1 Å². The Morgan fingerprint density at radius 1 is 1.09 bits per heavy atom. The van der Waals surface area contributed by atoms with Crippen molar-refractivity contribution in [2.75, 3.05) is 11.1 Å². The van der Waals surface area contributed by atoms with Crippen molar-refractivity contribution in [3.8, 4) is 5.75 Å². The number of aromatic nitrogens is 3. The molecule has 3 rings (SSSR count). The molecule has 1 heterocycles. The van der Waals surface area contributed by atoms with E-state index in [1.54, 1.807) is 24.3 Å². The summed E-state index contributed by atoms with van der Waals surface area (Å²) in [6.45, 7) is 5.31. The third-order valence-electron chi connectivity index (χ3n) is 4.53. The zero-order chi connectivity index (χ0) is 23.6. The number of anilines is 1. The number of thioether (sulfide) groups is 2. The number of carbonyl (C=O) groups is 1. The van der Waals surface area contributed by atoms with Crippen molar-refractivity contribution in [1.82, 2.24) is 14.8 Å². The number of amides is 1. The lowest BCUT2D eigenvalue weighted by atomic mass is 10.1. The first-order valence-corrected chi connectivity index (χ1v) is 12.3. The number of carbonyl (C=O) groups excluding carboxylic acids is 1. The molecule has 0 aliphatic heterocycles. The number of alkyl halides is 2. The van der Waals surface area contributed by atoms with Crippen LogP contribution >= 0.6 is 23.5 Å². The van der Waals surface area contributed by atoms with Crippen molar-refractivity contribution in [3.63, 3.8) is 0 Å². The molecular formula is C23H26F2N4O2S2. The molecule has 0 spiro atoms. The lowest BCUT2D eigenvalue weighted by molar-refractivity contribution is -0.113. The highest BCUT2D eigenvalue weighted by molar-refractivity contribution is 8.00. The van der Waals surface area contributed by atoms with Crippen molar-refractivity contribution in [3.05, 3.63) is 60.4 Å². The molecular weight excluding hydrogens is 466 g/mol. The summed E-state index contributed by atoms with van der Waals surface area (Å²) in [5, 5.41) is 12.0. The van der Waals surface area contributed by atoms with E-state index in [-0.39, 0.29) is 18.3 Å². The predicted octanol–water partition coefficient (Wildman–Crippen LogP) is 5.95. The molecule has 0 saturated carbocycles. The van der Waals surface area contributed by atoms with Crippen molar-refractivity contribution in [2.45, 2.75) is 49.2 Å². The minimum Gasteiger partial charge on any atom is -0.486 e. The molecule has 0 aliphatic rings. The Morgan fingerprint density at radius 2 is 1.82 bits per heavy atom. The molecule has 1 aromatic heterocycles. The fourth-order valence-electron chi connectivity index (χ4n) is 2.86. The summed E-state index contributed by atoms with van der Waals surface area (Å²) >= 11 is 1.77. The van der Waals surface area contributed by atoms with E-state index in [1.807, 2.05) is 34.9 Å². The van der Waals surface area contributed by atoms with Crippen molar-refractivity contribution in [2.24, 2.45) is 5.92 Å². The molecule has 176 valence electrons. The average Bonchev–Trinajstić information content (AvgIpc) is 3.18. The predicted molar refractivity (Wildman–Crippen MR) is 128 cm³/mol. The molecule has 10 heteroatoms. The molecule has 0 fully saturated rings. The number of halogens is 2. The Morgan fingerprint density at radius 3 is 2.48 bits per heavy atom. The minimum atomic E-state index is -2.47. The Hall–Kier alpha value is -2.59. The second-order valence-electron chi connectivity index (χ2n) is 7.57. The molecule has 0 bridgehead atoms. The molecule has 1 amide bonds. The topological polar surface area (TPSA) is 69.0 Å². The largest absolute Gasteiger partial charge is 0.486 e. The molecule has 33 heavy (non-hydrogen) atoms. The van der Waals surface area contributed by atoms with Crippen LogP contribution in [0.2, 0.25) is 0 Å². The van der Waals surface area contributed by atoms with Crippen LogP contribution in [0, 0.1) is 5.92 Å². The number of hydrogen-bond donors (Lipinski definition) is 1. The van der Waals surface area contributed by atoms with Crippen LogP contribution in [0.4, 0.5) is 14.5 Å². The van der Waals surface area contributed by atoms with Gasteiger partial charge in [0.25, 0.3) is 5.76 Å². The van der Waals surface area contributed by atoms with Crippen LogP contribution in [0.5, 0.6) is 5.75 Å². The molecule has 6 nitrogen and oxygen atoms in total. The van der Waals surface area contributed by atoms with Crippen LogP contribution in [0.3, 0.4) is 0 Å². The van der Waals surface area contributed by atoms with Gasteiger partial charge in [-0.15, -0.1) is 10.2 Å². The van der Waals surface area contributed by atoms with E-state index in [0.717, 1.165) is 18.7 Å². The van der Waals surface area contributed by atoms with Gasteiger partial charge >= 0.3 is 0 Å². The van der Waals surface area contributed by atoms with Gasteiger partial charge in [0.1, 0.15) is 12.4 Å². The number of hydrogen-bond acceptors (Lipinski definition) is 6. The summed E-state index contributed by atoms with van der Waals surface area (Å²) < 4.78 is 32.7. The summed E-state index contributed by atoms with van der Waals surface area (Å²) in [6.07, 6.45) is 0.944. The zero-order valence-electron chi connectivity index (χ0n) is 18.4. The Bertz CT molecular complexity index is 1020. The second kappa shape index (κ2) is 12.6. The Labute approximate surface area is 200 Å². The number of ether oxygens (including phenoxy) is 1. The molecule has 0 radical (unpaired) electrons. The average molecular weight is 493 g/mol. The van der Waals surface area contributed by atoms with Crippen molar-refractivity contribution < 1.29 is 18.3 Å². The monoisotopic (exact) mass is 492 g/mol. The van der Waals surface area contributed by atoms with Crippen LogP contribution in [0.15, 0.2) is 64.6 Å². The van der Waals surface area contributed by atoms with Gasteiger partial charge in [-0.25, -0.2) is 0 Å². The van der Waals surface area contributed by atoms with Crippen LogP contribution in [-0.4, -0.2) is 32.2 Å². The summed E-state index contributed by atoms with van der Waals surface area (Å²) in [4.78, 5) is 12.8. The van der Waals surface area contributed by atoms with Crippen LogP contribution in [0.25, 0.3) is 0 Å². The standard InChI is InChI=1S/C23H26F2N4O2S2/c1-16(2)12-13-29-20(14-31-18-6-4-3-5-7-18)27-28-23(29)32-15-21(30)26-17-8-10-19(11-9-17)33-22(24)25/h3-11,16,22H,12-15H2,1-2H3,(H,26,30). The van der Waals surface area contributed by atoms with Gasteiger partial charge in [-0.05, 0) is 48.7 Å². The maximum Gasteiger partial charge on any atom is 0.288 e. The second-order valence-corrected chi connectivity index (χ2v) is 9.58. The maximum absolute atomic E-state index is 12.4. The first-order chi connectivity index (χ1) is 15.9. The van der Waals surface area contributed by atoms with Gasteiger partial charge in [0.15, 0.2) is 11.0 Å². The number of para-hydroxylation sites is 1. The van der Waals surface area contributed by atoms with Gasteiger partial charge in [-0.1, -0.05) is 55.6 Å². The van der Waals surface area contributed by atoms with Crippen LogP contribution in [0.1, 0.15) is 26.1 Å². The fourth-order valence-corrected chi connectivity index (χ4v) is 4.14. The molecule has 2 aromatic carbocycles. The van der Waals surface area contributed by atoms with Gasteiger partial charge in [-0.2, -0.15) is 8.78 Å². The minimum absolute atomic E-state index is 0.146. The van der Waals surface area contributed by atoms with E-state index < -0.39 is 5.76 Å². The first kappa shape index (κ1) is 25.0. The molecule has 0 aliphatic carbocycles. The summed E-state index contributed by atoms with van der Waals surface area (Å²) in [5.74, 6) is -0.584. The SMILES string of the molecule is CC(C)CCn1c(COc2ccccc2)nnc1SCC(=O)Nc1ccc(SC(F)F)cc1. The van der Waals surface area contributed by atoms with E-state index in [9.17, 15) is 13.6 Å². The zero-order valence-corrected chi connectivity index (χ0v) is 20.0. The van der Waals surface area contributed by atoms with Gasteiger partial charge < -0.3 is 14.6 Å². The molecule has 0 atom stereocenters. The third-order valence-corrected chi connectivity index (χ3v) is 6.22. The molecule has 0 saturated heterocycles. The number of rotatable bonds is 12. The molecule has 1 N–H and O–H groups in total. The van der Waals surface area contributed by atoms with Crippen molar-refractivity contribution in [1.29, 1.82) is 0 Å². The highest BCUT2D eigenvalue weighted by Crippen LogP contribution is 2.26. The van der Waals surface area contributed by atoms with Crippen LogP contribution in [-0.2, 0) is 17.9 Å². The Kier molecular flexibility index (Phi) is 9.56. The Balaban J connectivity index is 1.59. The normalized spacial score (nSPS) is 11.2. The van der Waals surface area contributed by atoms with Gasteiger partial charge in [0.2, 0.25) is 5.91 Å². The van der Waals surface area contributed by atoms with Crippen molar-refractivity contribution >= 4 is 35.1 Å². The van der Waals surface area contributed by atoms with E-state index in [2.05, 4.69) is 29.4 Å². The number of nitrogens with zero attached hydrogens (tertiary/aromatic N) is 3. The highest BCUT2D eigenvalue weighted by atomic mass is 32.2. The summed E-state index contributed by atoms with van der Waals surface area (Å²) in [6, 6.07) is 15.8. The van der Waals surface area contributed by atoms with Gasteiger partial charge in [0.05, 0.1) is 5.75 Å². The van der Waals surface area contributed by atoms with Crippen LogP contribution < -0.4 is 10.1 Å². The molecule has 3 aromatic rings. The summed E-state index contributed by atoms with van der Waals surface area (Å²) in [7, 11) is 0. The fraction of sp³-hybridized carbons (Fsp3) is 0.348. The van der Waals surface area contributed by atoms with E-state index in [0.29, 0.717) is 39.2 Å². The number of benzene rings is 2. The smallest absolute Gasteiger partial charge is 0.288 e.